The molecule has 17 heavy (non-hydrogen) atoms. The van der Waals surface area contributed by atoms with Crippen LogP contribution in [0.1, 0.15) is 46.5 Å². The van der Waals surface area contributed by atoms with Gasteiger partial charge in [-0.1, -0.05) is 13.8 Å². The van der Waals surface area contributed by atoms with Gasteiger partial charge in [0, 0.05) is 18.6 Å². The van der Waals surface area contributed by atoms with E-state index >= 15 is 0 Å². The van der Waals surface area contributed by atoms with Crippen molar-refractivity contribution >= 4 is 0 Å². The fraction of sp³-hybridized carbons (Fsp3) is 1.00. The van der Waals surface area contributed by atoms with Crippen molar-refractivity contribution in [3.63, 3.8) is 0 Å². The molecule has 2 aliphatic rings. The van der Waals surface area contributed by atoms with Crippen LogP contribution in [0.5, 0.6) is 0 Å². The molecule has 3 unspecified atom stereocenters. The van der Waals surface area contributed by atoms with E-state index in [2.05, 4.69) is 24.1 Å². The maximum atomic E-state index is 10.5. The molecule has 0 aromatic heterocycles. The molecule has 0 saturated carbocycles. The maximum Gasteiger partial charge on any atom is 0.0768 e. The Kier molecular flexibility index (Phi) is 4.11. The van der Waals surface area contributed by atoms with Crippen LogP contribution in [0.4, 0.5) is 0 Å². The molecule has 2 heterocycles. The Morgan fingerprint density at radius 3 is 2.71 bits per heavy atom. The molecular weight excluding hydrogens is 212 g/mol. The van der Waals surface area contributed by atoms with E-state index in [-0.39, 0.29) is 0 Å². The van der Waals surface area contributed by atoms with Crippen LogP contribution in [0, 0.1) is 5.92 Å². The minimum absolute atomic E-state index is 0.320. The van der Waals surface area contributed by atoms with Crippen molar-refractivity contribution in [3.05, 3.63) is 0 Å². The molecule has 2 rings (SSSR count). The average molecular weight is 240 g/mol. The highest BCUT2D eigenvalue weighted by molar-refractivity contribution is 4.94. The van der Waals surface area contributed by atoms with Crippen LogP contribution in [0.2, 0.25) is 0 Å². The number of nitrogens with one attached hydrogen (secondary N) is 1. The maximum absolute atomic E-state index is 10.5. The highest BCUT2D eigenvalue weighted by Gasteiger charge is 2.37. The van der Waals surface area contributed by atoms with Gasteiger partial charge in [-0.25, -0.2) is 0 Å². The summed E-state index contributed by atoms with van der Waals surface area (Å²) < 4.78 is 0. The summed E-state index contributed by atoms with van der Waals surface area (Å²) in [6.45, 7) is 9.36. The third-order valence-electron chi connectivity index (χ3n) is 4.74. The first kappa shape index (κ1) is 13.3. The van der Waals surface area contributed by atoms with E-state index in [1.807, 2.05) is 6.92 Å². The average Bonchev–Trinajstić information content (AvgIpc) is 2.85. The lowest BCUT2D eigenvalue weighted by Gasteiger charge is -2.37. The van der Waals surface area contributed by atoms with Gasteiger partial charge in [-0.15, -0.1) is 0 Å². The minimum atomic E-state index is -0.554. The van der Waals surface area contributed by atoms with Gasteiger partial charge < -0.3 is 10.4 Å². The summed E-state index contributed by atoms with van der Waals surface area (Å²) >= 11 is 0. The summed E-state index contributed by atoms with van der Waals surface area (Å²) in [6, 6.07) is 1.32. The second-order valence-corrected chi connectivity index (χ2v) is 6.39. The first-order valence-electron chi connectivity index (χ1n) is 7.20. The quantitative estimate of drug-likeness (QED) is 0.783. The molecule has 0 aromatic carbocycles. The zero-order valence-corrected chi connectivity index (χ0v) is 11.6. The molecule has 3 atom stereocenters. The molecule has 2 N–H and O–H groups in total. The fourth-order valence-corrected chi connectivity index (χ4v) is 3.14. The summed E-state index contributed by atoms with van der Waals surface area (Å²) in [5.74, 6) is 0.320. The van der Waals surface area contributed by atoms with E-state index in [0.29, 0.717) is 18.0 Å². The number of aliphatic hydroxyl groups is 1. The molecular formula is C14H28N2O. The molecule has 0 aromatic rings. The van der Waals surface area contributed by atoms with E-state index < -0.39 is 5.60 Å². The van der Waals surface area contributed by atoms with E-state index in [0.717, 1.165) is 13.1 Å². The first-order valence-corrected chi connectivity index (χ1v) is 7.20. The first-order chi connectivity index (χ1) is 8.00. The van der Waals surface area contributed by atoms with Gasteiger partial charge in [0.05, 0.1) is 5.60 Å². The van der Waals surface area contributed by atoms with Crippen LogP contribution in [0.25, 0.3) is 0 Å². The van der Waals surface area contributed by atoms with Crippen LogP contribution in [0.15, 0.2) is 0 Å². The van der Waals surface area contributed by atoms with Crippen molar-refractivity contribution in [2.24, 2.45) is 5.92 Å². The Hall–Kier alpha value is -0.120. The van der Waals surface area contributed by atoms with Gasteiger partial charge in [-0.05, 0) is 51.6 Å². The number of nitrogens with zero attached hydrogens (tertiary/aromatic N) is 1. The van der Waals surface area contributed by atoms with Gasteiger partial charge in [0.1, 0.15) is 0 Å². The van der Waals surface area contributed by atoms with Gasteiger partial charge in [0.2, 0.25) is 0 Å². The monoisotopic (exact) mass is 240 g/mol. The standard InChI is InChI=1S/C14H28N2O/c1-11(2)14(3,17)10-16-9-5-7-13(16)12-6-4-8-15-12/h11-13,15,17H,4-10H2,1-3H3. The van der Waals surface area contributed by atoms with Crippen molar-refractivity contribution in [1.82, 2.24) is 10.2 Å². The van der Waals surface area contributed by atoms with Crippen LogP contribution >= 0.6 is 0 Å². The zero-order chi connectivity index (χ0) is 12.5. The molecule has 2 saturated heterocycles. The van der Waals surface area contributed by atoms with Crippen molar-refractivity contribution < 1.29 is 5.11 Å². The van der Waals surface area contributed by atoms with Crippen molar-refractivity contribution in [1.29, 1.82) is 0 Å². The van der Waals surface area contributed by atoms with E-state index in [1.54, 1.807) is 0 Å². The third-order valence-corrected chi connectivity index (χ3v) is 4.74. The summed E-state index contributed by atoms with van der Waals surface area (Å²) in [5.41, 5.74) is -0.554. The lowest BCUT2D eigenvalue weighted by molar-refractivity contribution is -0.0243. The number of rotatable bonds is 4. The normalized spacial score (nSPS) is 34.4. The predicted octanol–water partition coefficient (Wildman–Crippen LogP) is 1.61. The van der Waals surface area contributed by atoms with Crippen molar-refractivity contribution in [2.45, 2.75) is 64.1 Å². The number of β-amino-alcohol motifs (C(OH)–C–C–N with tert-alkyl or cyclic N) is 1. The Morgan fingerprint density at radius 1 is 1.35 bits per heavy atom. The van der Waals surface area contributed by atoms with E-state index in [1.165, 1.54) is 32.2 Å². The largest absolute Gasteiger partial charge is 0.389 e. The van der Waals surface area contributed by atoms with Crippen LogP contribution in [-0.2, 0) is 0 Å². The topological polar surface area (TPSA) is 35.5 Å². The van der Waals surface area contributed by atoms with Gasteiger partial charge in [0.15, 0.2) is 0 Å². The smallest absolute Gasteiger partial charge is 0.0768 e. The molecule has 0 amide bonds. The second-order valence-electron chi connectivity index (χ2n) is 6.39. The summed E-state index contributed by atoms with van der Waals surface area (Å²) in [5, 5.41) is 14.1. The molecule has 0 spiro atoms. The third kappa shape index (κ3) is 3.01. The Bertz CT molecular complexity index is 247. The zero-order valence-electron chi connectivity index (χ0n) is 11.6. The summed E-state index contributed by atoms with van der Waals surface area (Å²) in [6.07, 6.45) is 5.21. The lowest BCUT2D eigenvalue weighted by Crippen LogP contribution is -2.51. The predicted molar refractivity (Wildman–Crippen MR) is 71.1 cm³/mol. The Morgan fingerprint density at radius 2 is 2.12 bits per heavy atom. The molecule has 2 fully saturated rings. The van der Waals surface area contributed by atoms with E-state index in [9.17, 15) is 5.11 Å². The fourth-order valence-electron chi connectivity index (χ4n) is 3.14. The minimum Gasteiger partial charge on any atom is -0.389 e. The van der Waals surface area contributed by atoms with Crippen LogP contribution in [-0.4, -0.2) is 47.3 Å². The Balaban J connectivity index is 1.95. The molecule has 2 aliphatic heterocycles. The van der Waals surface area contributed by atoms with Gasteiger partial charge in [-0.2, -0.15) is 0 Å². The number of hydrogen-bond donors (Lipinski definition) is 2. The molecule has 3 nitrogen and oxygen atoms in total. The lowest BCUT2D eigenvalue weighted by atomic mass is 9.91. The second kappa shape index (κ2) is 5.25. The van der Waals surface area contributed by atoms with Crippen LogP contribution in [0.3, 0.4) is 0 Å². The van der Waals surface area contributed by atoms with Gasteiger partial charge >= 0.3 is 0 Å². The van der Waals surface area contributed by atoms with E-state index in [4.69, 9.17) is 0 Å². The Labute approximate surface area is 106 Å². The number of hydrogen-bond acceptors (Lipinski definition) is 3. The molecule has 0 bridgehead atoms. The van der Waals surface area contributed by atoms with Gasteiger partial charge in [0.25, 0.3) is 0 Å². The summed E-state index contributed by atoms with van der Waals surface area (Å²) in [4.78, 5) is 2.52. The molecule has 100 valence electrons. The summed E-state index contributed by atoms with van der Waals surface area (Å²) in [7, 11) is 0. The molecule has 3 heteroatoms. The SMILES string of the molecule is CC(C)C(C)(O)CN1CCCC1C1CCCN1. The highest BCUT2D eigenvalue weighted by atomic mass is 16.3. The number of likely N-dealkylation sites (tertiary alicyclic amines) is 1. The molecule has 0 radical (unpaired) electrons. The highest BCUT2D eigenvalue weighted by Crippen LogP contribution is 2.28. The van der Waals surface area contributed by atoms with Gasteiger partial charge in [-0.3, -0.25) is 4.90 Å². The molecule has 0 aliphatic carbocycles. The van der Waals surface area contributed by atoms with Crippen molar-refractivity contribution in [3.8, 4) is 0 Å². The van der Waals surface area contributed by atoms with Crippen molar-refractivity contribution in [2.75, 3.05) is 19.6 Å². The van der Waals surface area contributed by atoms with Crippen LogP contribution < -0.4 is 5.32 Å².